The summed E-state index contributed by atoms with van der Waals surface area (Å²) >= 11 is 2.20. The standard InChI is InChI=1S/C15H10FIN2O/c16-9-3-1-8(2-4-9)13-7-11-12(17)6-5-10(15(18)20)14(11)19-13/h1-7,19H,(H2,18,20). The number of halogens is 2. The summed E-state index contributed by atoms with van der Waals surface area (Å²) in [5.41, 5.74) is 8.23. The Bertz CT molecular complexity index is 809. The monoisotopic (exact) mass is 380 g/mol. The molecular formula is C15H10FIN2O. The van der Waals surface area contributed by atoms with Gasteiger partial charge in [-0.25, -0.2) is 4.39 Å². The lowest BCUT2D eigenvalue weighted by atomic mass is 10.1. The number of H-pyrrole nitrogens is 1. The quantitative estimate of drug-likeness (QED) is 0.655. The Hall–Kier alpha value is -1.89. The minimum absolute atomic E-state index is 0.280. The molecule has 3 aromatic rings. The molecule has 0 saturated carbocycles. The molecule has 0 bridgehead atoms. The number of benzene rings is 2. The number of carbonyl (C=O) groups excluding carboxylic acids is 1. The largest absolute Gasteiger partial charge is 0.366 e. The van der Waals surface area contributed by atoms with Gasteiger partial charge in [-0.15, -0.1) is 0 Å². The number of rotatable bonds is 2. The highest BCUT2D eigenvalue weighted by molar-refractivity contribution is 14.1. The third-order valence-corrected chi connectivity index (χ3v) is 4.10. The molecule has 0 fully saturated rings. The number of fused-ring (bicyclic) bond motifs is 1. The van der Waals surface area contributed by atoms with Gasteiger partial charge in [-0.2, -0.15) is 0 Å². The zero-order valence-electron chi connectivity index (χ0n) is 10.3. The van der Waals surface area contributed by atoms with Crippen molar-refractivity contribution in [3.05, 3.63) is 57.4 Å². The highest BCUT2D eigenvalue weighted by atomic mass is 127. The number of primary amides is 1. The maximum absolute atomic E-state index is 13.0. The highest BCUT2D eigenvalue weighted by Gasteiger charge is 2.13. The van der Waals surface area contributed by atoms with E-state index >= 15 is 0 Å². The van der Waals surface area contributed by atoms with Crippen LogP contribution >= 0.6 is 22.6 Å². The summed E-state index contributed by atoms with van der Waals surface area (Å²) in [6.07, 6.45) is 0. The van der Waals surface area contributed by atoms with E-state index in [0.717, 1.165) is 20.2 Å². The van der Waals surface area contributed by atoms with Gasteiger partial charge in [-0.3, -0.25) is 4.79 Å². The summed E-state index contributed by atoms with van der Waals surface area (Å²) < 4.78 is 14.0. The van der Waals surface area contributed by atoms with E-state index in [9.17, 15) is 9.18 Å². The molecule has 0 aliphatic rings. The molecular weight excluding hydrogens is 370 g/mol. The van der Waals surface area contributed by atoms with Gasteiger partial charge in [0.2, 0.25) is 0 Å². The fourth-order valence-electron chi connectivity index (χ4n) is 2.18. The van der Waals surface area contributed by atoms with Gasteiger partial charge in [0, 0.05) is 14.7 Å². The molecule has 5 heteroatoms. The number of aromatic nitrogens is 1. The van der Waals surface area contributed by atoms with Crippen LogP contribution < -0.4 is 5.73 Å². The van der Waals surface area contributed by atoms with Crippen molar-refractivity contribution in [1.82, 2.24) is 4.98 Å². The van der Waals surface area contributed by atoms with Crippen molar-refractivity contribution in [3.63, 3.8) is 0 Å². The van der Waals surface area contributed by atoms with Crippen LogP contribution in [0.3, 0.4) is 0 Å². The molecule has 20 heavy (non-hydrogen) atoms. The lowest BCUT2D eigenvalue weighted by Crippen LogP contribution is -2.11. The summed E-state index contributed by atoms with van der Waals surface area (Å²) in [5.74, 6) is -0.754. The molecule has 100 valence electrons. The van der Waals surface area contributed by atoms with Gasteiger partial charge in [0.25, 0.3) is 5.91 Å². The maximum Gasteiger partial charge on any atom is 0.250 e. The Labute approximate surface area is 128 Å². The van der Waals surface area contributed by atoms with Crippen molar-refractivity contribution in [3.8, 4) is 11.3 Å². The summed E-state index contributed by atoms with van der Waals surface area (Å²) in [6, 6.07) is 11.7. The number of amides is 1. The van der Waals surface area contributed by atoms with Gasteiger partial charge in [0.1, 0.15) is 5.82 Å². The van der Waals surface area contributed by atoms with E-state index in [0.29, 0.717) is 11.1 Å². The summed E-state index contributed by atoms with van der Waals surface area (Å²) in [7, 11) is 0. The predicted molar refractivity (Wildman–Crippen MR) is 84.9 cm³/mol. The minimum atomic E-state index is -0.473. The molecule has 0 atom stereocenters. The van der Waals surface area contributed by atoms with E-state index in [1.165, 1.54) is 12.1 Å². The van der Waals surface area contributed by atoms with Crippen molar-refractivity contribution in [2.24, 2.45) is 5.73 Å². The second kappa shape index (κ2) is 4.90. The van der Waals surface area contributed by atoms with E-state index in [-0.39, 0.29) is 5.82 Å². The first-order valence-corrected chi connectivity index (χ1v) is 7.01. The van der Waals surface area contributed by atoms with Gasteiger partial charge in [-0.05, 0) is 70.6 Å². The third kappa shape index (κ3) is 2.18. The molecule has 0 saturated heterocycles. The first-order chi connectivity index (χ1) is 9.56. The van der Waals surface area contributed by atoms with Crippen molar-refractivity contribution in [2.75, 3.05) is 0 Å². The number of nitrogens with one attached hydrogen (secondary N) is 1. The first kappa shape index (κ1) is 13.1. The average molecular weight is 380 g/mol. The fourth-order valence-corrected chi connectivity index (χ4v) is 2.78. The summed E-state index contributed by atoms with van der Waals surface area (Å²) in [5, 5.41) is 0.932. The molecule has 0 spiro atoms. The van der Waals surface area contributed by atoms with Gasteiger partial charge in [-0.1, -0.05) is 0 Å². The van der Waals surface area contributed by atoms with E-state index in [1.54, 1.807) is 18.2 Å². The average Bonchev–Trinajstić information content (AvgIpc) is 2.85. The number of nitrogens with two attached hydrogens (primary N) is 1. The predicted octanol–water partition coefficient (Wildman–Crippen LogP) is 3.68. The van der Waals surface area contributed by atoms with E-state index in [1.807, 2.05) is 12.1 Å². The lowest BCUT2D eigenvalue weighted by molar-refractivity contribution is 0.100. The Morgan fingerprint density at radius 3 is 2.50 bits per heavy atom. The molecule has 0 unspecified atom stereocenters. The Morgan fingerprint density at radius 2 is 1.85 bits per heavy atom. The van der Waals surface area contributed by atoms with Crippen LogP contribution in [0.5, 0.6) is 0 Å². The fraction of sp³-hybridized carbons (Fsp3) is 0. The second-order valence-corrected chi connectivity index (χ2v) is 5.60. The molecule has 1 amide bonds. The highest BCUT2D eigenvalue weighted by Crippen LogP contribution is 2.29. The molecule has 0 aliphatic carbocycles. The molecule has 3 N–H and O–H groups in total. The number of carbonyl (C=O) groups is 1. The van der Waals surface area contributed by atoms with Crippen molar-refractivity contribution in [1.29, 1.82) is 0 Å². The molecule has 3 nitrogen and oxygen atoms in total. The number of hydrogen-bond donors (Lipinski definition) is 2. The molecule has 1 heterocycles. The Morgan fingerprint density at radius 1 is 1.15 bits per heavy atom. The number of aromatic amines is 1. The van der Waals surface area contributed by atoms with E-state index in [2.05, 4.69) is 27.6 Å². The Kier molecular flexibility index (Phi) is 3.21. The Balaban J connectivity index is 2.24. The summed E-state index contributed by atoms with van der Waals surface area (Å²) in [4.78, 5) is 14.7. The van der Waals surface area contributed by atoms with Crippen molar-refractivity contribution < 1.29 is 9.18 Å². The normalized spacial score (nSPS) is 10.9. The van der Waals surface area contributed by atoms with Crippen molar-refractivity contribution >= 4 is 39.4 Å². The third-order valence-electron chi connectivity index (χ3n) is 3.16. The minimum Gasteiger partial charge on any atom is -0.366 e. The zero-order valence-corrected chi connectivity index (χ0v) is 12.4. The SMILES string of the molecule is NC(=O)c1ccc(I)c2cc(-c3ccc(F)cc3)[nH]c12. The van der Waals surface area contributed by atoms with Gasteiger partial charge in [0.15, 0.2) is 0 Å². The molecule has 0 aliphatic heterocycles. The number of hydrogen-bond acceptors (Lipinski definition) is 1. The zero-order chi connectivity index (χ0) is 14.3. The van der Waals surface area contributed by atoms with Gasteiger partial charge < -0.3 is 10.7 Å². The molecule has 1 aromatic heterocycles. The van der Waals surface area contributed by atoms with Gasteiger partial charge in [0.05, 0.1) is 11.1 Å². The van der Waals surface area contributed by atoms with Crippen LogP contribution in [-0.2, 0) is 0 Å². The second-order valence-electron chi connectivity index (χ2n) is 4.44. The van der Waals surface area contributed by atoms with Crippen molar-refractivity contribution in [2.45, 2.75) is 0 Å². The van der Waals surface area contributed by atoms with Crippen LogP contribution in [-0.4, -0.2) is 10.9 Å². The van der Waals surface area contributed by atoms with Crippen LogP contribution in [0, 0.1) is 9.39 Å². The van der Waals surface area contributed by atoms with Gasteiger partial charge >= 0.3 is 0 Å². The smallest absolute Gasteiger partial charge is 0.250 e. The maximum atomic E-state index is 13.0. The topological polar surface area (TPSA) is 58.9 Å². The van der Waals surface area contributed by atoms with E-state index < -0.39 is 5.91 Å². The summed E-state index contributed by atoms with van der Waals surface area (Å²) in [6.45, 7) is 0. The first-order valence-electron chi connectivity index (χ1n) is 5.93. The lowest BCUT2D eigenvalue weighted by Gasteiger charge is -2.00. The molecule has 0 radical (unpaired) electrons. The molecule has 3 rings (SSSR count). The molecule has 2 aromatic carbocycles. The van der Waals surface area contributed by atoms with Crippen LogP contribution in [0.25, 0.3) is 22.2 Å². The van der Waals surface area contributed by atoms with E-state index in [4.69, 9.17) is 5.73 Å². The van der Waals surface area contributed by atoms with Crippen LogP contribution in [0.4, 0.5) is 4.39 Å². The van der Waals surface area contributed by atoms with Crippen LogP contribution in [0.1, 0.15) is 10.4 Å². The van der Waals surface area contributed by atoms with Crippen LogP contribution in [0.2, 0.25) is 0 Å². The van der Waals surface area contributed by atoms with Crippen LogP contribution in [0.15, 0.2) is 42.5 Å².